The highest BCUT2D eigenvalue weighted by Gasteiger charge is 2.30. The fourth-order valence-electron chi connectivity index (χ4n) is 3.35. The summed E-state index contributed by atoms with van der Waals surface area (Å²) in [5.41, 5.74) is 2.92. The van der Waals surface area contributed by atoms with E-state index in [1.165, 1.54) is 4.31 Å². The van der Waals surface area contributed by atoms with E-state index >= 15 is 0 Å². The van der Waals surface area contributed by atoms with Crippen LogP contribution in [0.15, 0.2) is 35.2 Å². The van der Waals surface area contributed by atoms with Crippen molar-refractivity contribution in [2.24, 2.45) is 0 Å². The van der Waals surface area contributed by atoms with E-state index in [1.54, 1.807) is 32.0 Å². The minimum absolute atomic E-state index is 0.0000946. The summed E-state index contributed by atoms with van der Waals surface area (Å²) >= 11 is 12.1. The lowest BCUT2D eigenvalue weighted by molar-refractivity contribution is -0.122. The standard InChI is InChI=1S/C22H28Cl2N2O3S/c1-6-17(5)25-21(27)13-26(12-18-7-8-19(23)20(24)11-18)30(28,29)22-15(3)9-14(2)10-16(22)4/h7-11,17H,6,12-13H2,1-5H3,(H,25,27)/t17-/m1/s1. The van der Waals surface area contributed by atoms with Gasteiger partial charge in [0, 0.05) is 12.6 Å². The summed E-state index contributed by atoms with van der Waals surface area (Å²) < 4.78 is 28.4. The number of sulfonamides is 1. The van der Waals surface area contributed by atoms with Crippen LogP contribution in [0, 0.1) is 20.8 Å². The topological polar surface area (TPSA) is 66.5 Å². The molecule has 30 heavy (non-hydrogen) atoms. The number of carbonyl (C=O) groups excluding carboxylic acids is 1. The number of nitrogens with zero attached hydrogens (tertiary/aromatic N) is 1. The zero-order chi connectivity index (χ0) is 22.6. The fourth-order valence-corrected chi connectivity index (χ4v) is 5.47. The summed E-state index contributed by atoms with van der Waals surface area (Å²) in [7, 11) is -3.94. The second-order valence-electron chi connectivity index (χ2n) is 7.63. The highest BCUT2D eigenvalue weighted by Crippen LogP contribution is 2.28. The van der Waals surface area contributed by atoms with E-state index < -0.39 is 10.0 Å². The van der Waals surface area contributed by atoms with Gasteiger partial charge in [0.1, 0.15) is 0 Å². The summed E-state index contributed by atoms with van der Waals surface area (Å²) in [6.07, 6.45) is 0.751. The molecular weight excluding hydrogens is 443 g/mol. The van der Waals surface area contributed by atoms with Gasteiger partial charge in [0.15, 0.2) is 0 Å². The SMILES string of the molecule is CC[C@@H](C)NC(=O)CN(Cc1ccc(Cl)c(Cl)c1)S(=O)(=O)c1c(C)cc(C)cc1C. The Morgan fingerprint density at radius 3 is 2.20 bits per heavy atom. The molecule has 1 N–H and O–H groups in total. The van der Waals surface area contributed by atoms with Crippen molar-refractivity contribution in [2.75, 3.05) is 6.54 Å². The van der Waals surface area contributed by atoms with Crippen LogP contribution in [0.5, 0.6) is 0 Å². The summed E-state index contributed by atoms with van der Waals surface area (Å²) in [6.45, 7) is 8.99. The fraction of sp³-hybridized carbons (Fsp3) is 0.409. The second kappa shape index (κ2) is 10.1. The van der Waals surface area contributed by atoms with Gasteiger partial charge in [-0.25, -0.2) is 8.42 Å². The molecule has 1 atom stereocenters. The molecule has 0 heterocycles. The van der Waals surface area contributed by atoms with Gasteiger partial charge in [-0.2, -0.15) is 4.31 Å². The molecule has 0 spiro atoms. The normalized spacial score (nSPS) is 12.8. The maximum atomic E-state index is 13.6. The number of aryl methyl sites for hydroxylation is 3. The molecule has 0 aliphatic carbocycles. The Bertz CT molecular complexity index is 1020. The third kappa shape index (κ3) is 5.97. The summed E-state index contributed by atoms with van der Waals surface area (Å²) in [5.74, 6) is -0.351. The van der Waals surface area contributed by atoms with Gasteiger partial charge in [0.25, 0.3) is 0 Å². The van der Waals surface area contributed by atoms with E-state index in [-0.39, 0.29) is 29.9 Å². The van der Waals surface area contributed by atoms with E-state index in [9.17, 15) is 13.2 Å². The molecule has 0 bridgehead atoms. The number of hydrogen-bond acceptors (Lipinski definition) is 3. The number of rotatable bonds is 8. The largest absolute Gasteiger partial charge is 0.353 e. The maximum absolute atomic E-state index is 13.6. The Kier molecular flexibility index (Phi) is 8.34. The first-order valence-corrected chi connectivity index (χ1v) is 12.0. The third-order valence-electron chi connectivity index (χ3n) is 4.89. The van der Waals surface area contributed by atoms with Crippen LogP contribution in [0.4, 0.5) is 0 Å². The highest BCUT2D eigenvalue weighted by molar-refractivity contribution is 7.89. The van der Waals surface area contributed by atoms with E-state index in [0.717, 1.165) is 12.0 Å². The summed E-state index contributed by atoms with van der Waals surface area (Å²) in [6, 6.07) is 8.56. The van der Waals surface area contributed by atoms with Gasteiger partial charge in [-0.3, -0.25) is 4.79 Å². The zero-order valence-electron chi connectivity index (χ0n) is 17.9. The van der Waals surface area contributed by atoms with Crippen LogP contribution in [0.1, 0.15) is 42.5 Å². The smallest absolute Gasteiger partial charge is 0.244 e. The lowest BCUT2D eigenvalue weighted by Gasteiger charge is -2.25. The Labute approximate surface area is 189 Å². The van der Waals surface area contributed by atoms with Gasteiger partial charge >= 0.3 is 0 Å². The Morgan fingerprint density at radius 1 is 1.07 bits per heavy atom. The van der Waals surface area contributed by atoms with Gasteiger partial charge in [0.05, 0.1) is 21.5 Å². The van der Waals surface area contributed by atoms with Crippen molar-refractivity contribution < 1.29 is 13.2 Å². The van der Waals surface area contributed by atoms with Crippen LogP contribution >= 0.6 is 23.2 Å². The molecule has 5 nitrogen and oxygen atoms in total. The van der Waals surface area contributed by atoms with Crippen molar-refractivity contribution in [1.29, 1.82) is 0 Å². The molecule has 2 aromatic carbocycles. The molecule has 0 radical (unpaired) electrons. The van der Waals surface area contributed by atoms with Crippen molar-refractivity contribution in [3.05, 3.63) is 62.6 Å². The molecule has 2 aromatic rings. The van der Waals surface area contributed by atoms with Crippen LogP contribution in [-0.2, 0) is 21.4 Å². The zero-order valence-corrected chi connectivity index (χ0v) is 20.2. The quantitative estimate of drug-likeness (QED) is 0.588. The lowest BCUT2D eigenvalue weighted by Crippen LogP contribution is -2.43. The number of nitrogens with one attached hydrogen (secondary N) is 1. The average molecular weight is 471 g/mol. The molecular formula is C22H28Cl2N2O3S. The van der Waals surface area contributed by atoms with Crippen molar-refractivity contribution in [1.82, 2.24) is 9.62 Å². The monoisotopic (exact) mass is 470 g/mol. The van der Waals surface area contributed by atoms with Gasteiger partial charge in [-0.05, 0) is 62.9 Å². The first-order chi connectivity index (χ1) is 13.9. The van der Waals surface area contributed by atoms with Crippen LogP contribution in [0.3, 0.4) is 0 Å². The first-order valence-electron chi connectivity index (χ1n) is 9.77. The van der Waals surface area contributed by atoms with Crippen molar-refractivity contribution in [2.45, 2.75) is 58.5 Å². The van der Waals surface area contributed by atoms with Crippen LogP contribution < -0.4 is 5.32 Å². The van der Waals surface area contributed by atoms with Crippen molar-refractivity contribution in [3.8, 4) is 0 Å². The van der Waals surface area contributed by atoms with E-state index in [4.69, 9.17) is 23.2 Å². The molecule has 0 saturated heterocycles. The highest BCUT2D eigenvalue weighted by atomic mass is 35.5. The van der Waals surface area contributed by atoms with Crippen LogP contribution in [0.2, 0.25) is 10.0 Å². The molecule has 0 unspecified atom stereocenters. The first kappa shape index (κ1) is 24.7. The van der Waals surface area contributed by atoms with Crippen molar-refractivity contribution in [3.63, 3.8) is 0 Å². The molecule has 1 amide bonds. The molecule has 2 rings (SSSR count). The van der Waals surface area contributed by atoms with E-state index in [1.807, 2.05) is 32.9 Å². The molecule has 0 aliphatic rings. The van der Waals surface area contributed by atoms with Crippen LogP contribution in [0.25, 0.3) is 0 Å². The van der Waals surface area contributed by atoms with E-state index in [0.29, 0.717) is 26.7 Å². The number of hydrogen-bond donors (Lipinski definition) is 1. The van der Waals surface area contributed by atoms with Crippen molar-refractivity contribution >= 4 is 39.1 Å². The number of amides is 1. The predicted molar refractivity (Wildman–Crippen MR) is 123 cm³/mol. The van der Waals surface area contributed by atoms with Gasteiger partial charge in [-0.15, -0.1) is 0 Å². The molecule has 164 valence electrons. The summed E-state index contributed by atoms with van der Waals surface area (Å²) in [4.78, 5) is 12.8. The Hall–Kier alpha value is -1.60. The minimum atomic E-state index is -3.94. The Morgan fingerprint density at radius 2 is 1.67 bits per heavy atom. The average Bonchev–Trinajstić information content (AvgIpc) is 2.62. The molecule has 8 heteroatoms. The summed E-state index contributed by atoms with van der Waals surface area (Å²) in [5, 5.41) is 3.55. The molecule has 0 aliphatic heterocycles. The number of halogens is 2. The van der Waals surface area contributed by atoms with Gasteiger partial charge < -0.3 is 5.32 Å². The second-order valence-corrected chi connectivity index (χ2v) is 10.3. The minimum Gasteiger partial charge on any atom is -0.353 e. The molecule has 0 saturated carbocycles. The third-order valence-corrected chi connectivity index (χ3v) is 7.72. The van der Waals surface area contributed by atoms with Crippen LogP contribution in [-0.4, -0.2) is 31.2 Å². The van der Waals surface area contributed by atoms with Gasteiger partial charge in [0.2, 0.25) is 15.9 Å². The molecule has 0 fully saturated rings. The Balaban J connectivity index is 2.48. The number of benzene rings is 2. The maximum Gasteiger partial charge on any atom is 0.244 e. The van der Waals surface area contributed by atoms with E-state index in [2.05, 4.69) is 5.32 Å². The van der Waals surface area contributed by atoms with Gasteiger partial charge in [-0.1, -0.05) is 53.9 Å². The number of carbonyl (C=O) groups is 1. The lowest BCUT2D eigenvalue weighted by atomic mass is 10.1. The predicted octanol–water partition coefficient (Wildman–Crippen LogP) is 5.02. The molecule has 0 aromatic heterocycles.